The number of fused-ring (bicyclic) bond motifs is 1. The molecule has 1 amide bonds. The maximum absolute atomic E-state index is 14.0. The Hall–Kier alpha value is -4.05. The number of morpholine rings is 1. The quantitative estimate of drug-likeness (QED) is 0.546. The van der Waals surface area contributed by atoms with Crippen molar-refractivity contribution in [1.82, 2.24) is 24.4 Å². The van der Waals surface area contributed by atoms with E-state index in [9.17, 15) is 28.0 Å². The lowest BCUT2D eigenvalue weighted by Gasteiger charge is -2.35. The first kappa shape index (κ1) is 27.0. The molecular weight excluding hydrogens is 503 g/mol. The zero-order valence-electron chi connectivity index (χ0n) is 21.4. The minimum Gasteiger partial charge on any atom is -0.372 e. The molecule has 1 N–H and O–H groups in total. The van der Waals surface area contributed by atoms with Gasteiger partial charge < -0.3 is 15.0 Å². The highest BCUT2D eigenvalue weighted by Gasteiger charge is 2.38. The first-order valence-electron chi connectivity index (χ1n) is 11.9. The second-order valence-electron chi connectivity index (χ2n) is 9.38. The number of ether oxygens (including phenoxy) is 1. The molecule has 0 saturated carbocycles. The maximum atomic E-state index is 14.0. The van der Waals surface area contributed by atoms with Gasteiger partial charge in [0.05, 0.1) is 34.8 Å². The zero-order chi connectivity index (χ0) is 27.9. The summed E-state index contributed by atoms with van der Waals surface area (Å²) in [6.07, 6.45) is -3.86. The molecule has 0 aromatic carbocycles. The van der Waals surface area contributed by atoms with Crippen molar-refractivity contribution in [2.24, 2.45) is 7.05 Å². The predicted molar refractivity (Wildman–Crippen MR) is 131 cm³/mol. The van der Waals surface area contributed by atoms with Crippen LogP contribution in [-0.4, -0.2) is 55.6 Å². The number of nitrogens with zero attached hydrogens (tertiary/aromatic N) is 6. The summed E-state index contributed by atoms with van der Waals surface area (Å²) in [6.45, 7) is 7.40. The molecule has 4 heterocycles. The van der Waals surface area contributed by atoms with Crippen molar-refractivity contribution in [3.63, 3.8) is 0 Å². The Morgan fingerprint density at radius 2 is 1.89 bits per heavy atom. The Kier molecular flexibility index (Phi) is 7.12. The standard InChI is InChI=1S/C25H26F3N7O3/c1-12-10-35(11-13(2)38-12)23(36)17-6-16(8-29)21(30-9-17)31-14(3)18-7-19-22(33-20(18)25(26,27)28)32-15(4)34(5)24(19)37/h6-7,9,12-14H,10-11H2,1-5H3,(H,30,31)/t12-,13+,14-/m0/s1. The number of nitrogens with one attached hydrogen (secondary N) is 1. The van der Waals surface area contributed by atoms with Crippen LogP contribution in [0.3, 0.4) is 0 Å². The van der Waals surface area contributed by atoms with E-state index >= 15 is 0 Å². The van der Waals surface area contributed by atoms with Gasteiger partial charge >= 0.3 is 6.18 Å². The third-order valence-electron chi connectivity index (χ3n) is 6.37. The van der Waals surface area contributed by atoms with Crippen LogP contribution in [0.5, 0.6) is 0 Å². The third-order valence-corrected chi connectivity index (χ3v) is 6.37. The number of nitriles is 1. The molecule has 3 atom stereocenters. The number of aromatic nitrogens is 4. The van der Waals surface area contributed by atoms with E-state index in [2.05, 4.69) is 20.3 Å². The molecule has 1 fully saturated rings. The normalized spacial score (nSPS) is 18.8. The lowest BCUT2D eigenvalue weighted by molar-refractivity contribution is -0.141. The largest absolute Gasteiger partial charge is 0.433 e. The van der Waals surface area contributed by atoms with Gasteiger partial charge in [-0.25, -0.2) is 15.0 Å². The second kappa shape index (κ2) is 10.0. The molecule has 13 heteroatoms. The van der Waals surface area contributed by atoms with Crippen LogP contribution < -0.4 is 10.9 Å². The second-order valence-corrected chi connectivity index (χ2v) is 9.38. The topological polar surface area (TPSA) is 126 Å². The van der Waals surface area contributed by atoms with E-state index in [1.54, 1.807) is 4.90 Å². The molecule has 0 unspecified atom stereocenters. The van der Waals surface area contributed by atoms with E-state index in [1.165, 1.54) is 37.7 Å². The van der Waals surface area contributed by atoms with Crippen LogP contribution >= 0.6 is 0 Å². The average Bonchev–Trinajstić information content (AvgIpc) is 2.85. The van der Waals surface area contributed by atoms with E-state index in [1.807, 2.05) is 19.9 Å². The predicted octanol–water partition coefficient (Wildman–Crippen LogP) is 3.34. The summed E-state index contributed by atoms with van der Waals surface area (Å²) in [4.78, 5) is 39.2. The number of carbonyl (C=O) groups excluding carboxylic acids is 1. The van der Waals surface area contributed by atoms with E-state index in [0.29, 0.717) is 13.1 Å². The molecule has 1 aliphatic rings. The number of hydrogen-bond acceptors (Lipinski definition) is 8. The highest BCUT2D eigenvalue weighted by molar-refractivity contribution is 5.94. The fraction of sp³-hybridized carbons (Fsp3) is 0.440. The number of pyridine rings is 2. The van der Waals surface area contributed by atoms with Crippen LogP contribution in [-0.2, 0) is 18.0 Å². The number of amides is 1. The van der Waals surface area contributed by atoms with Crippen LogP contribution in [0.2, 0.25) is 0 Å². The molecule has 4 rings (SSSR count). The number of alkyl halides is 3. The smallest absolute Gasteiger partial charge is 0.372 e. The SMILES string of the molecule is Cc1nc2nc(C(F)(F)F)c([C@H](C)Nc3ncc(C(=O)N4C[C@@H](C)O[C@@H](C)C4)cc3C#N)cc2c(=O)n1C. The van der Waals surface area contributed by atoms with Crippen LogP contribution in [0.1, 0.15) is 59.8 Å². The van der Waals surface area contributed by atoms with Crippen LogP contribution in [0.4, 0.5) is 19.0 Å². The zero-order valence-corrected chi connectivity index (χ0v) is 21.4. The summed E-state index contributed by atoms with van der Waals surface area (Å²) in [7, 11) is 1.47. The number of carbonyl (C=O) groups is 1. The van der Waals surface area contributed by atoms with E-state index in [0.717, 1.165) is 6.07 Å². The molecule has 38 heavy (non-hydrogen) atoms. The van der Waals surface area contributed by atoms with Gasteiger partial charge in [-0.3, -0.25) is 14.2 Å². The summed E-state index contributed by atoms with van der Waals surface area (Å²) in [5.74, 6) is -0.115. The monoisotopic (exact) mass is 529 g/mol. The molecule has 0 aliphatic carbocycles. The average molecular weight is 530 g/mol. The van der Waals surface area contributed by atoms with Gasteiger partial charge in [0, 0.05) is 31.9 Å². The molecule has 1 saturated heterocycles. The van der Waals surface area contributed by atoms with Crippen molar-refractivity contribution in [3.05, 3.63) is 56.9 Å². The van der Waals surface area contributed by atoms with Crippen molar-refractivity contribution < 1.29 is 22.7 Å². The van der Waals surface area contributed by atoms with Crippen molar-refractivity contribution in [3.8, 4) is 6.07 Å². The van der Waals surface area contributed by atoms with Crippen molar-refractivity contribution in [2.45, 2.75) is 52.1 Å². The molecule has 0 bridgehead atoms. The van der Waals surface area contributed by atoms with Gasteiger partial charge in [-0.05, 0) is 39.8 Å². The Labute approximate surface area is 216 Å². The molecule has 200 valence electrons. The van der Waals surface area contributed by atoms with Gasteiger partial charge in [0.25, 0.3) is 11.5 Å². The molecule has 3 aromatic heterocycles. The number of aryl methyl sites for hydroxylation is 1. The number of hydrogen-bond donors (Lipinski definition) is 1. The van der Waals surface area contributed by atoms with Crippen molar-refractivity contribution in [2.75, 3.05) is 18.4 Å². The first-order valence-corrected chi connectivity index (χ1v) is 11.9. The summed E-state index contributed by atoms with van der Waals surface area (Å²) < 4.78 is 48.7. The highest BCUT2D eigenvalue weighted by atomic mass is 19.4. The Balaban J connectivity index is 1.69. The van der Waals surface area contributed by atoms with Gasteiger partial charge in [-0.1, -0.05) is 0 Å². The summed E-state index contributed by atoms with van der Waals surface area (Å²) in [6, 6.07) is 3.35. The molecule has 3 aromatic rings. The maximum Gasteiger partial charge on any atom is 0.433 e. The van der Waals surface area contributed by atoms with E-state index in [4.69, 9.17) is 4.74 Å². The fourth-order valence-electron chi connectivity index (χ4n) is 4.47. The summed E-state index contributed by atoms with van der Waals surface area (Å²) in [5.41, 5.74) is -2.20. The van der Waals surface area contributed by atoms with Gasteiger partial charge in [0.15, 0.2) is 11.3 Å². The number of rotatable bonds is 4. The Morgan fingerprint density at radius 3 is 2.50 bits per heavy atom. The lowest BCUT2D eigenvalue weighted by atomic mass is 10.0. The van der Waals surface area contributed by atoms with Crippen LogP contribution in [0.15, 0.2) is 23.1 Å². The van der Waals surface area contributed by atoms with Gasteiger partial charge in [0.2, 0.25) is 0 Å². The third kappa shape index (κ3) is 5.17. The Bertz CT molecular complexity index is 1500. The van der Waals surface area contributed by atoms with Crippen molar-refractivity contribution >= 4 is 22.8 Å². The highest BCUT2D eigenvalue weighted by Crippen LogP contribution is 2.35. The first-order chi connectivity index (χ1) is 17.8. The lowest BCUT2D eigenvalue weighted by Crippen LogP contribution is -2.48. The summed E-state index contributed by atoms with van der Waals surface area (Å²) in [5, 5.41) is 12.4. The number of halogens is 3. The van der Waals surface area contributed by atoms with E-state index < -0.39 is 23.5 Å². The molecule has 10 nitrogen and oxygen atoms in total. The van der Waals surface area contributed by atoms with Crippen LogP contribution in [0, 0.1) is 18.3 Å². The molecular formula is C25H26F3N7O3. The summed E-state index contributed by atoms with van der Waals surface area (Å²) >= 11 is 0. The minimum atomic E-state index is -4.83. The fourth-order valence-corrected chi connectivity index (χ4v) is 4.47. The molecule has 0 radical (unpaired) electrons. The minimum absolute atomic E-state index is 0.0107. The van der Waals surface area contributed by atoms with Crippen molar-refractivity contribution in [1.29, 1.82) is 5.26 Å². The van der Waals surface area contributed by atoms with Crippen LogP contribution in [0.25, 0.3) is 11.0 Å². The Morgan fingerprint density at radius 1 is 1.24 bits per heavy atom. The molecule has 0 spiro atoms. The van der Waals surface area contributed by atoms with Gasteiger partial charge in [-0.2, -0.15) is 18.4 Å². The van der Waals surface area contributed by atoms with E-state index in [-0.39, 0.29) is 57.5 Å². The van der Waals surface area contributed by atoms with Gasteiger partial charge in [0.1, 0.15) is 17.7 Å². The van der Waals surface area contributed by atoms with Gasteiger partial charge in [-0.15, -0.1) is 0 Å². The molecule has 1 aliphatic heterocycles. The number of anilines is 1.